The van der Waals surface area contributed by atoms with Crippen LogP contribution in [0.25, 0.3) is 0 Å². The van der Waals surface area contributed by atoms with Crippen LogP contribution in [0.1, 0.15) is 45.6 Å². The first-order valence-electron chi connectivity index (χ1n) is 9.91. The van der Waals surface area contributed by atoms with E-state index in [0.29, 0.717) is 19.4 Å². The summed E-state index contributed by atoms with van der Waals surface area (Å²) in [6.45, 7) is 5.80. The predicted molar refractivity (Wildman–Crippen MR) is 106 cm³/mol. The molecule has 0 saturated carbocycles. The van der Waals surface area contributed by atoms with E-state index in [1.807, 2.05) is 44.2 Å². The highest BCUT2D eigenvalue weighted by Gasteiger charge is 2.32. The van der Waals surface area contributed by atoms with Crippen LogP contribution in [0, 0.1) is 5.92 Å². The quantitative estimate of drug-likeness (QED) is 0.643. The van der Waals surface area contributed by atoms with Crippen LogP contribution in [0.4, 0.5) is 4.79 Å². The van der Waals surface area contributed by atoms with Crippen molar-refractivity contribution >= 4 is 18.0 Å². The van der Waals surface area contributed by atoms with Gasteiger partial charge in [-0.05, 0) is 30.7 Å². The topological polar surface area (TPSA) is 103 Å². The van der Waals surface area contributed by atoms with E-state index in [1.165, 1.54) is 6.92 Å². The molecular formula is C21H30N2O6. The highest BCUT2D eigenvalue weighted by atomic mass is 16.7. The van der Waals surface area contributed by atoms with Gasteiger partial charge in [0.1, 0.15) is 12.6 Å². The van der Waals surface area contributed by atoms with Crippen molar-refractivity contribution in [2.75, 3.05) is 6.61 Å². The third kappa shape index (κ3) is 8.11. The van der Waals surface area contributed by atoms with Crippen molar-refractivity contribution < 1.29 is 28.6 Å². The van der Waals surface area contributed by atoms with Crippen molar-refractivity contribution in [2.45, 2.75) is 65.0 Å². The molecule has 1 saturated heterocycles. The number of rotatable bonds is 8. The molecule has 2 amide bonds. The number of nitrogens with one attached hydrogen (secondary N) is 2. The Morgan fingerprint density at radius 1 is 1.21 bits per heavy atom. The molecule has 160 valence electrons. The predicted octanol–water partition coefficient (Wildman–Crippen LogP) is 2.51. The van der Waals surface area contributed by atoms with Gasteiger partial charge in [-0.3, -0.25) is 9.59 Å². The Morgan fingerprint density at radius 2 is 1.93 bits per heavy atom. The first-order chi connectivity index (χ1) is 13.8. The normalized spacial score (nSPS) is 19.9. The summed E-state index contributed by atoms with van der Waals surface area (Å²) in [4.78, 5) is 36.3. The molecule has 1 aliphatic rings. The lowest BCUT2D eigenvalue weighted by Crippen LogP contribution is -2.55. The summed E-state index contributed by atoms with van der Waals surface area (Å²) >= 11 is 0. The fourth-order valence-corrected chi connectivity index (χ4v) is 3.07. The molecule has 1 aromatic carbocycles. The molecule has 2 rings (SSSR count). The summed E-state index contributed by atoms with van der Waals surface area (Å²) in [7, 11) is 0. The molecule has 0 aromatic heterocycles. The number of alkyl carbamates (subject to hydrolysis) is 1. The van der Waals surface area contributed by atoms with Crippen LogP contribution < -0.4 is 10.6 Å². The first-order valence-corrected chi connectivity index (χ1v) is 9.91. The molecule has 1 heterocycles. The molecule has 0 bridgehead atoms. The average Bonchev–Trinajstić information content (AvgIpc) is 2.67. The molecule has 0 spiro atoms. The Balaban J connectivity index is 1.93. The summed E-state index contributed by atoms with van der Waals surface area (Å²) < 4.78 is 15.8. The van der Waals surface area contributed by atoms with Gasteiger partial charge in [0.05, 0.1) is 12.6 Å². The highest BCUT2D eigenvalue weighted by molar-refractivity contribution is 5.85. The number of benzene rings is 1. The molecule has 3 atom stereocenters. The number of carbonyl (C=O) groups excluding carboxylic acids is 3. The largest absolute Gasteiger partial charge is 0.445 e. The number of carbonyl (C=O) groups is 3. The van der Waals surface area contributed by atoms with Crippen LogP contribution >= 0.6 is 0 Å². The van der Waals surface area contributed by atoms with Crippen LogP contribution in [0.5, 0.6) is 0 Å². The van der Waals surface area contributed by atoms with Gasteiger partial charge in [-0.15, -0.1) is 0 Å². The number of esters is 1. The van der Waals surface area contributed by atoms with Gasteiger partial charge < -0.3 is 24.8 Å². The van der Waals surface area contributed by atoms with Crippen molar-refractivity contribution in [1.82, 2.24) is 10.6 Å². The Morgan fingerprint density at radius 3 is 2.59 bits per heavy atom. The summed E-state index contributed by atoms with van der Waals surface area (Å²) in [5, 5.41) is 5.49. The molecular weight excluding hydrogens is 376 g/mol. The second-order valence-corrected chi connectivity index (χ2v) is 7.49. The maximum absolute atomic E-state index is 12.8. The van der Waals surface area contributed by atoms with E-state index < -0.39 is 30.4 Å². The van der Waals surface area contributed by atoms with E-state index in [-0.39, 0.29) is 18.4 Å². The second-order valence-electron chi connectivity index (χ2n) is 7.49. The van der Waals surface area contributed by atoms with Gasteiger partial charge >= 0.3 is 12.1 Å². The van der Waals surface area contributed by atoms with Crippen molar-refractivity contribution in [2.24, 2.45) is 5.92 Å². The summed E-state index contributed by atoms with van der Waals surface area (Å²) in [5.41, 5.74) is 0.857. The van der Waals surface area contributed by atoms with Gasteiger partial charge in [-0.1, -0.05) is 44.2 Å². The summed E-state index contributed by atoms with van der Waals surface area (Å²) in [6.07, 6.45) is 0.319. The zero-order valence-corrected chi connectivity index (χ0v) is 17.2. The number of hydrogen-bond acceptors (Lipinski definition) is 6. The standard InChI is InChI=1S/C21H30N2O6/c1-14(2)12-18(23-21(26)28-13-16-8-5-4-6-9-16)19(25)22-17-10-7-11-27-20(17)29-15(3)24/h4-6,8-9,14,17-18,20H,7,10-13H2,1-3H3,(H,22,25)(H,23,26)/t17-,18-,20?/m0/s1. The molecule has 2 N–H and O–H groups in total. The SMILES string of the molecule is CC(=O)OC1OCCC[C@@H]1NC(=O)[C@H](CC(C)C)NC(=O)OCc1ccccc1. The maximum Gasteiger partial charge on any atom is 0.408 e. The molecule has 1 aliphatic heterocycles. The monoisotopic (exact) mass is 406 g/mol. The molecule has 29 heavy (non-hydrogen) atoms. The third-order valence-electron chi connectivity index (χ3n) is 4.41. The molecule has 1 fully saturated rings. The average molecular weight is 406 g/mol. The molecule has 1 aromatic rings. The van der Waals surface area contributed by atoms with Crippen molar-refractivity contribution in [3.8, 4) is 0 Å². The Labute approximate surface area is 171 Å². The van der Waals surface area contributed by atoms with Crippen LogP contribution in [-0.4, -0.2) is 43.0 Å². The summed E-state index contributed by atoms with van der Waals surface area (Å²) in [5.74, 6) is -0.660. The lowest BCUT2D eigenvalue weighted by atomic mass is 10.0. The molecule has 8 nitrogen and oxygen atoms in total. The maximum atomic E-state index is 12.8. The second kappa shape index (κ2) is 11.4. The number of hydrogen-bond donors (Lipinski definition) is 2. The van der Waals surface area contributed by atoms with E-state index >= 15 is 0 Å². The number of amides is 2. The zero-order valence-electron chi connectivity index (χ0n) is 17.2. The minimum Gasteiger partial charge on any atom is -0.445 e. The Hall–Kier alpha value is -2.61. The number of ether oxygens (including phenoxy) is 3. The lowest BCUT2D eigenvalue weighted by Gasteiger charge is -2.32. The highest BCUT2D eigenvalue weighted by Crippen LogP contribution is 2.16. The van der Waals surface area contributed by atoms with E-state index in [9.17, 15) is 14.4 Å². The van der Waals surface area contributed by atoms with Crippen molar-refractivity contribution in [3.63, 3.8) is 0 Å². The Kier molecular flexibility index (Phi) is 8.92. The molecule has 0 aliphatic carbocycles. The Bertz CT molecular complexity index is 679. The van der Waals surface area contributed by atoms with Gasteiger partial charge in [0.15, 0.2) is 0 Å². The van der Waals surface area contributed by atoms with E-state index in [1.54, 1.807) is 0 Å². The molecule has 0 radical (unpaired) electrons. The smallest absolute Gasteiger partial charge is 0.408 e. The zero-order chi connectivity index (χ0) is 21.2. The minimum absolute atomic E-state index is 0.119. The van der Waals surface area contributed by atoms with E-state index in [2.05, 4.69) is 10.6 Å². The van der Waals surface area contributed by atoms with E-state index in [0.717, 1.165) is 12.0 Å². The fourth-order valence-electron chi connectivity index (χ4n) is 3.07. The van der Waals surface area contributed by atoms with Crippen LogP contribution in [0.3, 0.4) is 0 Å². The van der Waals surface area contributed by atoms with Crippen LogP contribution in [-0.2, 0) is 30.4 Å². The van der Waals surface area contributed by atoms with Crippen molar-refractivity contribution in [3.05, 3.63) is 35.9 Å². The molecule has 1 unspecified atom stereocenters. The van der Waals surface area contributed by atoms with Gasteiger partial charge in [-0.25, -0.2) is 4.79 Å². The van der Waals surface area contributed by atoms with Crippen LogP contribution in [0.15, 0.2) is 30.3 Å². The minimum atomic E-state index is -0.824. The summed E-state index contributed by atoms with van der Waals surface area (Å²) in [6, 6.07) is 8.07. The van der Waals surface area contributed by atoms with Gasteiger partial charge in [0.2, 0.25) is 12.2 Å². The van der Waals surface area contributed by atoms with Crippen LogP contribution in [0.2, 0.25) is 0 Å². The lowest BCUT2D eigenvalue weighted by molar-refractivity contribution is -0.193. The third-order valence-corrected chi connectivity index (χ3v) is 4.41. The molecule has 8 heteroatoms. The fraction of sp³-hybridized carbons (Fsp3) is 0.571. The first kappa shape index (κ1) is 22.7. The van der Waals surface area contributed by atoms with Gasteiger partial charge in [0.25, 0.3) is 0 Å². The van der Waals surface area contributed by atoms with E-state index in [4.69, 9.17) is 14.2 Å². The van der Waals surface area contributed by atoms with Crippen molar-refractivity contribution in [1.29, 1.82) is 0 Å². The van der Waals surface area contributed by atoms with Gasteiger partial charge in [0, 0.05) is 6.92 Å². The van der Waals surface area contributed by atoms with Gasteiger partial charge in [-0.2, -0.15) is 0 Å².